The lowest BCUT2D eigenvalue weighted by Gasteiger charge is -2.08. The number of carbonyl (C=O) groups excluding carboxylic acids is 2. The van der Waals surface area contributed by atoms with E-state index in [1.54, 1.807) is 0 Å². The molecule has 1 aliphatic carbocycles. The van der Waals surface area contributed by atoms with Gasteiger partial charge in [0, 0.05) is 25.4 Å². The smallest absolute Gasteiger partial charge is 0.223 e. The fraction of sp³-hybridized carbons (Fsp3) is 0.500. The molecule has 20 heavy (non-hydrogen) atoms. The van der Waals surface area contributed by atoms with Crippen molar-refractivity contribution in [3.63, 3.8) is 0 Å². The normalized spacial score (nSPS) is 20.3. The van der Waals surface area contributed by atoms with Crippen LogP contribution in [0.4, 0.5) is 0 Å². The molecule has 0 heterocycles. The minimum Gasteiger partial charge on any atom is -0.355 e. The Morgan fingerprint density at radius 1 is 1.25 bits per heavy atom. The minimum absolute atomic E-state index is 0.0302. The molecule has 0 saturated heterocycles. The van der Waals surface area contributed by atoms with Crippen LogP contribution in [0.3, 0.4) is 0 Å². The van der Waals surface area contributed by atoms with Crippen LogP contribution < -0.4 is 10.6 Å². The van der Waals surface area contributed by atoms with Crippen LogP contribution in [0.15, 0.2) is 24.3 Å². The van der Waals surface area contributed by atoms with Crippen molar-refractivity contribution in [1.82, 2.24) is 10.6 Å². The Bertz CT molecular complexity index is 499. The number of hydrogen-bond donors (Lipinski definition) is 2. The molecular weight excluding hydrogens is 252 g/mol. The molecule has 1 aromatic carbocycles. The lowest BCUT2D eigenvalue weighted by atomic mass is 10.1. The summed E-state index contributed by atoms with van der Waals surface area (Å²) in [6, 6.07) is 7.98. The second-order valence-corrected chi connectivity index (χ2v) is 5.56. The van der Waals surface area contributed by atoms with Crippen LogP contribution in [0.2, 0.25) is 0 Å². The van der Waals surface area contributed by atoms with E-state index in [0.29, 0.717) is 25.4 Å². The van der Waals surface area contributed by atoms with Crippen molar-refractivity contribution in [2.24, 2.45) is 11.8 Å². The van der Waals surface area contributed by atoms with Gasteiger partial charge >= 0.3 is 0 Å². The summed E-state index contributed by atoms with van der Waals surface area (Å²) in [6.07, 6.45) is 1.31. The van der Waals surface area contributed by atoms with Gasteiger partial charge in [0.25, 0.3) is 0 Å². The number of hydrogen-bond acceptors (Lipinski definition) is 2. The monoisotopic (exact) mass is 274 g/mol. The van der Waals surface area contributed by atoms with Crippen molar-refractivity contribution in [2.75, 3.05) is 6.54 Å². The van der Waals surface area contributed by atoms with E-state index in [2.05, 4.69) is 17.6 Å². The first kappa shape index (κ1) is 14.6. The molecule has 1 aliphatic rings. The van der Waals surface area contributed by atoms with Crippen molar-refractivity contribution in [2.45, 2.75) is 33.2 Å². The minimum atomic E-state index is -0.0302. The second kappa shape index (κ2) is 6.55. The molecule has 108 valence electrons. The van der Waals surface area contributed by atoms with Crippen LogP contribution in [-0.2, 0) is 16.1 Å². The van der Waals surface area contributed by atoms with Crippen molar-refractivity contribution in [1.29, 1.82) is 0 Å². The first-order valence-electron chi connectivity index (χ1n) is 7.17. The van der Waals surface area contributed by atoms with Gasteiger partial charge in [0.15, 0.2) is 0 Å². The molecule has 0 radical (unpaired) electrons. The zero-order valence-electron chi connectivity index (χ0n) is 12.1. The van der Waals surface area contributed by atoms with Gasteiger partial charge in [0.05, 0.1) is 0 Å². The number of rotatable bonds is 6. The fourth-order valence-corrected chi connectivity index (χ4v) is 2.21. The largest absolute Gasteiger partial charge is 0.355 e. The van der Waals surface area contributed by atoms with Gasteiger partial charge in [0.1, 0.15) is 0 Å². The van der Waals surface area contributed by atoms with E-state index in [-0.39, 0.29) is 17.7 Å². The molecule has 0 spiro atoms. The van der Waals surface area contributed by atoms with Crippen molar-refractivity contribution in [3.8, 4) is 0 Å². The van der Waals surface area contributed by atoms with E-state index in [4.69, 9.17) is 0 Å². The van der Waals surface area contributed by atoms with Gasteiger partial charge in [-0.1, -0.05) is 31.2 Å². The summed E-state index contributed by atoms with van der Waals surface area (Å²) < 4.78 is 0. The summed E-state index contributed by atoms with van der Waals surface area (Å²) >= 11 is 0. The third-order valence-corrected chi connectivity index (χ3v) is 3.83. The van der Waals surface area contributed by atoms with Crippen LogP contribution in [0.25, 0.3) is 0 Å². The molecule has 2 N–H and O–H groups in total. The molecule has 2 rings (SSSR count). The molecule has 0 bridgehead atoms. The molecule has 1 fully saturated rings. The highest BCUT2D eigenvalue weighted by atomic mass is 16.2. The molecule has 1 aromatic rings. The van der Waals surface area contributed by atoms with Gasteiger partial charge in [-0.3, -0.25) is 9.59 Å². The molecule has 4 nitrogen and oxygen atoms in total. The van der Waals surface area contributed by atoms with Gasteiger partial charge in [0.2, 0.25) is 11.8 Å². The number of nitrogens with one attached hydrogen (secondary N) is 2. The predicted molar refractivity (Wildman–Crippen MR) is 77.9 cm³/mol. The number of carbonyl (C=O) groups is 2. The molecule has 0 aromatic heterocycles. The molecule has 1 saturated carbocycles. The zero-order chi connectivity index (χ0) is 14.5. The lowest BCUT2D eigenvalue weighted by molar-refractivity contribution is -0.123. The third kappa shape index (κ3) is 4.08. The maximum absolute atomic E-state index is 11.7. The fourth-order valence-electron chi connectivity index (χ4n) is 2.21. The Hall–Kier alpha value is -1.84. The van der Waals surface area contributed by atoms with E-state index < -0.39 is 0 Å². The summed E-state index contributed by atoms with van der Waals surface area (Å²) in [5.74, 6) is 0.733. The van der Waals surface area contributed by atoms with Crippen molar-refractivity contribution in [3.05, 3.63) is 35.4 Å². The van der Waals surface area contributed by atoms with E-state index in [9.17, 15) is 9.59 Å². The summed E-state index contributed by atoms with van der Waals surface area (Å²) in [6.45, 7) is 5.05. The second-order valence-electron chi connectivity index (χ2n) is 5.56. The first-order chi connectivity index (χ1) is 9.58. The van der Waals surface area contributed by atoms with Crippen molar-refractivity contribution < 1.29 is 9.59 Å². The Morgan fingerprint density at radius 2 is 1.95 bits per heavy atom. The summed E-state index contributed by atoms with van der Waals surface area (Å²) in [5.41, 5.74) is 2.29. The highest BCUT2D eigenvalue weighted by Crippen LogP contribution is 2.37. The Balaban J connectivity index is 1.63. The van der Waals surface area contributed by atoms with Crippen LogP contribution in [-0.4, -0.2) is 18.4 Å². The quantitative estimate of drug-likeness (QED) is 0.830. The van der Waals surface area contributed by atoms with Crippen LogP contribution in [0.1, 0.15) is 30.9 Å². The van der Waals surface area contributed by atoms with E-state index in [1.807, 2.05) is 31.2 Å². The molecule has 4 heteroatoms. The third-order valence-electron chi connectivity index (χ3n) is 3.83. The lowest BCUT2D eigenvalue weighted by Crippen LogP contribution is -2.31. The van der Waals surface area contributed by atoms with E-state index in [0.717, 1.165) is 12.0 Å². The molecule has 0 aliphatic heterocycles. The van der Waals surface area contributed by atoms with Gasteiger partial charge in [-0.05, 0) is 30.4 Å². The summed E-state index contributed by atoms with van der Waals surface area (Å²) in [5, 5.41) is 5.69. The van der Waals surface area contributed by atoms with Crippen molar-refractivity contribution >= 4 is 11.8 Å². The highest BCUT2D eigenvalue weighted by molar-refractivity contribution is 5.82. The average molecular weight is 274 g/mol. The standard InChI is InChI=1S/C16H22N2O2/c1-11-5-3-4-6-13(11)10-18-15(19)7-8-17-16(20)14-9-12(14)2/h3-6,12,14H,7-10H2,1-2H3,(H,17,20)(H,18,19)/t12-,14-/m1/s1. The Labute approximate surface area is 119 Å². The zero-order valence-corrected chi connectivity index (χ0v) is 12.1. The maximum Gasteiger partial charge on any atom is 0.223 e. The summed E-state index contributed by atoms with van der Waals surface area (Å²) in [7, 11) is 0. The Morgan fingerprint density at radius 3 is 2.60 bits per heavy atom. The number of benzene rings is 1. The molecule has 0 unspecified atom stereocenters. The van der Waals surface area contributed by atoms with Gasteiger partial charge in [-0.2, -0.15) is 0 Å². The Kier molecular flexibility index (Phi) is 4.77. The van der Waals surface area contributed by atoms with E-state index >= 15 is 0 Å². The van der Waals surface area contributed by atoms with Crippen LogP contribution >= 0.6 is 0 Å². The first-order valence-corrected chi connectivity index (χ1v) is 7.17. The average Bonchev–Trinajstić information content (AvgIpc) is 3.15. The van der Waals surface area contributed by atoms with Gasteiger partial charge < -0.3 is 10.6 Å². The molecule has 2 atom stereocenters. The molecular formula is C16H22N2O2. The van der Waals surface area contributed by atoms with E-state index in [1.165, 1.54) is 5.56 Å². The summed E-state index contributed by atoms with van der Waals surface area (Å²) in [4.78, 5) is 23.3. The number of aryl methyl sites for hydroxylation is 1. The van der Waals surface area contributed by atoms with Crippen LogP contribution in [0.5, 0.6) is 0 Å². The van der Waals surface area contributed by atoms with Gasteiger partial charge in [-0.15, -0.1) is 0 Å². The topological polar surface area (TPSA) is 58.2 Å². The number of amides is 2. The maximum atomic E-state index is 11.7. The van der Waals surface area contributed by atoms with Crippen LogP contribution in [0, 0.1) is 18.8 Å². The SMILES string of the molecule is Cc1ccccc1CNC(=O)CCNC(=O)[C@@H]1C[C@H]1C. The van der Waals surface area contributed by atoms with Gasteiger partial charge in [-0.25, -0.2) is 0 Å². The highest BCUT2D eigenvalue weighted by Gasteiger charge is 2.38. The molecule has 2 amide bonds. The predicted octanol–water partition coefficient (Wildman–Crippen LogP) is 1.77.